The Labute approximate surface area is 163 Å². The number of rotatable bonds is 4. The molecular formula is C17H15F4N3O2S2. The minimum Gasteiger partial charge on any atom is -0.299 e. The van der Waals surface area contributed by atoms with Crippen LogP contribution in [0.4, 0.5) is 17.6 Å². The minimum absolute atomic E-state index is 0.0731. The standard InChI is InChI=1S/C17H15F4N3O2S2/c1-27-16(18)8-2-3-11(9-16)15-23-14(17(19,20)21)10-24(15)12-4-6-13(7-5-12)28(22,25)26/h2-8,10H,9H2,1H3,(H2,22,25,26). The van der Waals surface area contributed by atoms with Crippen molar-refractivity contribution in [2.75, 3.05) is 6.26 Å². The monoisotopic (exact) mass is 433 g/mol. The van der Waals surface area contributed by atoms with E-state index in [-0.39, 0.29) is 28.4 Å². The summed E-state index contributed by atoms with van der Waals surface area (Å²) >= 11 is 0.931. The fourth-order valence-corrected chi connectivity index (χ4v) is 3.75. The highest BCUT2D eigenvalue weighted by Crippen LogP contribution is 2.40. The van der Waals surface area contributed by atoms with E-state index in [0.29, 0.717) is 0 Å². The van der Waals surface area contributed by atoms with Crippen molar-refractivity contribution in [3.8, 4) is 5.69 Å². The van der Waals surface area contributed by atoms with Crippen molar-refractivity contribution in [1.29, 1.82) is 0 Å². The van der Waals surface area contributed by atoms with Crippen LogP contribution in [-0.4, -0.2) is 29.2 Å². The van der Waals surface area contributed by atoms with Crippen molar-refractivity contribution < 1.29 is 26.0 Å². The second-order valence-corrected chi connectivity index (χ2v) is 8.72. The Morgan fingerprint density at radius 2 is 1.89 bits per heavy atom. The zero-order chi connectivity index (χ0) is 20.7. The summed E-state index contributed by atoms with van der Waals surface area (Å²) in [7, 11) is -3.95. The van der Waals surface area contributed by atoms with Gasteiger partial charge in [-0.2, -0.15) is 13.2 Å². The number of hydrogen-bond acceptors (Lipinski definition) is 4. The molecule has 0 radical (unpaired) electrons. The lowest BCUT2D eigenvalue weighted by Gasteiger charge is -2.23. The molecule has 28 heavy (non-hydrogen) atoms. The van der Waals surface area contributed by atoms with Crippen LogP contribution in [0.1, 0.15) is 17.9 Å². The number of imidazole rings is 1. The van der Waals surface area contributed by atoms with Crippen molar-refractivity contribution in [2.24, 2.45) is 5.14 Å². The number of nitrogens with two attached hydrogens (primary N) is 1. The van der Waals surface area contributed by atoms with Crippen molar-refractivity contribution in [3.05, 3.63) is 60.2 Å². The number of aromatic nitrogens is 2. The van der Waals surface area contributed by atoms with Crippen LogP contribution in [-0.2, 0) is 16.2 Å². The first-order chi connectivity index (χ1) is 12.9. The lowest BCUT2D eigenvalue weighted by Crippen LogP contribution is -2.18. The number of sulfonamides is 1. The largest absolute Gasteiger partial charge is 0.434 e. The maximum Gasteiger partial charge on any atom is 0.434 e. The van der Waals surface area contributed by atoms with Gasteiger partial charge < -0.3 is 0 Å². The van der Waals surface area contributed by atoms with Gasteiger partial charge in [-0.05, 0) is 42.2 Å². The number of nitrogens with zero attached hydrogens (tertiary/aromatic N) is 2. The molecule has 1 unspecified atom stereocenters. The third-order valence-corrected chi connectivity index (χ3v) is 6.03. The van der Waals surface area contributed by atoms with Gasteiger partial charge in [-0.15, -0.1) is 11.8 Å². The number of alkyl halides is 4. The van der Waals surface area contributed by atoms with Crippen LogP contribution in [0.2, 0.25) is 0 Å². The molecule has 3 rings (SSSR count). The zero-order valence-electron chi connectivity index (χ0n) is 14.4. The zero-order valence-corrected chi connectivity index (χ0v) is 16.1. The summed E-state index contributed by atoms with van der Waals surface area (Å²) in [5, 5.41) is 3.29. The van der Waals surface area contributed by atoms with Crippen LogP contribution in [0.3, 0.4) is 0 Å². The third kappa shape index (κ3) is 4.15. The van der Waals surface area contributed by atoms with Crippen LogP contribution in [0.5, 0.6) is 0 Å². The maximum atomic E-state index is 14.7. The molecule has 11 heteroatoms. The molecule has 1 aliphatic rings. The molecule has 1 atom stereocenters. The molecule has 150 valence electrons. The number of primary sulfonamides is 1. The summed E-state index contributed by atoms with van der Waals surface area (Å²) in [6, 6.07) is 4.97. The van der Waals surface area contributed by atoms with E-state index in [2.05, 4.69) is 4.98 Å². The van der Waals surface area contributed by atoms with E-state index in [9.17, 15) is 26.0 Å². The van der Waals surface area contributed by atoms with Crippen LogP contribution < -0.4 is 5.14 Å². The number of halogens is 4. The molecule has 0 fully saturated rings. The Morgan fingerprint density at radius 3 is 2.43 bits per heavy atom. The molecule has 0 saturated carbocycles. The lowest BCUT2D eigenvalue weighted by atomic mass is 10.0. The summed E-state index contributed by atoms with van der Waals surface area (Å²) < 4.78 is 78.3. The van der Waals surface area contributed by atoms with Gasteiger partial charge >= 0.3 is 6.18 Å². The van der Waals surface area contributed by atoms with Crippen LogP contribution >= 0.6 is 11.8 Å². The lowest BCUT2D eigenvalue weighted by molar-refractivity contribution is -0.140. The summed E-state index contributed by atoms with van der Waals surface area (Å²) in [5.41, 5.74) is -0.623. The summed E-state index contributed by atoms with van der Waals surface area (Å²) in [5.74, 6) is -0.0731. The van der Waals surface area contributed by atoms with E-state index in [1.807, 2.05) is 0 Å². The number of allylic oxidation sites excluding steroid dienone is 3. The van der Waals surface area contributed by atoms with Crippen LogP contribution in [0.15, 0.2) is 53.6 Å². The maximum absolute atomic E-state index is 14.7. The molecular weight excluding hydrogens is 418 g/mol. The Morgan fingerprint density at radius 1 is 1.25 bits per heavy atom. The van der Waals surface area contributed by atoms with Crippen molar-refractivity contribution in [2.45, 2.75) is 22.5 Å². The van der Waals surface area contributed by atoms with E-state index >= 15 is 0 Å². The van der Waals surface area contributed by atoms with Crippen LogP contribution in [0, 0.1) is 0 Å². The predicted molar refractivity (Wildman–Crippen MR) is 99.0 cm³/mol. The van der Waals surface area contributed by atoms with Gasteiger partial charge in [-0.1, -0.05) is 12.2 Å². The van der Waals surface area contributed by atoms with Gasteiger partial charge in [0.1, 0.15) is 5.82 Å². The second-order valence-electron chi connectivity index (χ2n) is 6.07. The number of thioether (sulfide) groups is 1. The smallest absolute Gasteiger partial charge is 0.299 e. The van der Waals surface area contributed by atoms with Gasteiger partial charge in [0.25, 0.3) is 0 Å². The average Bonchev–Trinajstić information content (AvgIpc) is 3.07. The van der Waals surface area contributed by atoms with Crippen molar-refractivity contribution in [1.82, 2.24) is 9.55 Å². The summed E-state index contributed by atoms with van der Waals surface area (Å²) in [4.78, 5) is 3.49. The Hall–Kier alpha value is -2.11. The molecule has 1 aromatic heterocycles. The molecule has 1 aliphatic carbocycles. The molecule has 1 heterocycles. The van der Waals surface area contributed by atoms with E-state index < -0.39 is 26.9 Å². The molecule has 0 amide bonds. The molecule has 0 aliphatic heterocycles. The molecule has 2 aromatic rings. The number of hydrogen-bond donors (Lipinski definition) is 1. The molecule has 0 spiro atoms. The Kier molecular flexibility index (Phi) is 5.19. The van der Waals surface area contributed by atoms with Crippen molar-refractivity contribution in [3.63, 3.8) is 0 Å². The van der Waals surface area contributed by atoms with E-state index in [1.165, 1.54) is 42.5 Å². The third-order valence-electron chi connectivity index (χ3n) is 4.14. The molecule has 5 nitrogen and oxygen atoms in total. The average molecular weight is 433 g/mol. The second kappa shape index (κ2) is 7.05. The van der Waals surface area contributed by atoms with Gasteiger partial charge in [-0.3, -0.25) is 4.57 Å². The summed E-state index contributed by atoms with van der Waals surface area (Å²) in [6.45, 7) is 0. The highest BCUT2D eigenvalue weighted by Gasteiger charge is 2.37. The van der Waals surface area contributed by atoms with E-state index in [0.717, 1.165) is 22.5 Å². The topological polar surface area (TPSA) is 78.0 Å². The van der Waals surface area contributed by atoms with E-state index in [4.69, 9.17) is 5.14 Å². The quantitative estimate of drug-likeness (QED) is 0.742. The normalized spacial score (nSPS) is 20.3. The fraction of sp³-hybridized carbons (Fsp3) is 0.235. The first kappa shape index (κ1) is 20.6. The minimum atomic E-state index is -4.70. The Balaban J connectivity index is 2.12. The van der Waals surface area contributed by atoms with Crippen molar-refractivity contribution >= 4 is 27.4 Å². The highest BCUT2D eigenvalue weighted by atomic mass is 32.2. The number of benzene rings is 1. The van der Waals surface area contributed by atoms with Gasteiger partial charge in [0, 0.05) is 18.3 Å². The highest BCUT2D eigenvalue weighted by molar-refractivity contribution is 8.00. The molecule has 1 aromatic carbocycles. The first-order valence-electron chi connectivity index (χ1n) is 7.86. The predicted octanol–water partition coefficient (Wildman–Crippen LogP) is 3.91. The van der Waals surface area contributed by atoms with Gasteiger partial charge in [0.05, 0.1) is 4.90 Å². The van der Waals surface area contributed by atoms with E-state index in [1.54, 1.807) is 6.26 Å². The molecule has 2 N–H and O–H groups in total. The van der Waals surface area contributed by atoms with Gasteiger partial charge in [-0.25, -0.2) is 22.9 Å². The molecule has 0 bridgehead atoms. The van der Waals surface area contributed by atoms with Gasteiger partial charge in [0.2, 0.25) is 10.0 Å². The first-order valence-corrected chi connectivity index (χ1v) is 10.6. The SMILES string of the molecule is CSC1(F)C=CC=C(c2nc(C(F)(F)F)cn2-c2ccc(S(N)(=O)=O)cc2)C1. The van der Waals surface area contributed by atoms with Gasteiger partial charge in [0.15, 0.2) is 10.7 Å². The fourth-order valence-electron chi connectivity index (χ4n) is 2.72. The molecule has 0 saturated heterocycles. The Bertz CT molecular complexity index is 1060. The summed E-state index contributed by atoms with van der Waals surface area (Å²) in [6.07, 6.45) is 1.77. The van der Waals surface area contributed by atoms with Crippen LogP contribution in [0.25, 0.3) is 11.3 Å².